The minimum absolute atomic E-state index is 0.0715. The van der Waals surface area contributed by atoms with Crippen LogP contribution in [-0.4, -0.2) is 26.8 Å². The lowest BCUT2D eigenvalue weighted by atomic mass is 9.89. The van der Waals surface area contributed by atoms with E-state index in [1.54, 1.807) is 24.3 Å². The Morgan fingerprint density at radius 3 is 3.00 bits per heavy atom. The third-order valence-electron chi connectivity index (χ3n) is 6.35. The lowest BCUT2D eigenvalue weighted by Gasteiger charge is -2.18. The van der Waals surface area contributed by atoms with Gasteiger partial charge in [0.15, 0.2) is 0 Å². The summed E-state index contributed by atoms with van der Waals surface area (Å²) in [6.07, 6.45) is 5.76. The van der Waals surface area contributed by atoms with Crippen LogP contribution in [0.5, 0.6) is 5.75 Å². The van der Waals surface area contributed by atoms with Crippen LogP contribution in [0.3, 0.4) is 0 Å². The summed E-state index contributed by atoms with van der Waals surface area (Å²) in [5.41, 5.74) is 3.91. The van der Waals surface area contributed by atoms with Crippen LogP contribution in [0.4, 0.5) is 0 Å². The first-order chi connectivity index (χ1) is 15.9. The van der Waals surface area contributed by atoms with Crippen LogP contribution in [0.1, 0.15) is 42.3 Å². The number of fused-ring (bicyclic) bond motifs is 4. The van der Waals surface area contributed by atoms with Crippen LogP contribution in [0.15, 0.2) is 52.6 Å². The van der Waals surface area contributed by atoms with E-state index in [-0.39, 0.29) is 11.3 Å². The van der Waals surface area contributed by atoms with Crippen LogP contribution < -0.4 is 11.0 Å². The molecular weight excluding hydrogens is 436 g/mol. The number of nitrogens with one attached hydrogen (secondary N) is 1. The maximum atomic E-state index is 13.3. The quantitative estimate of drug-likeness (QED) is 0.353. The molecule has 0 saturated heterocycles. The molecule has 8 heteroatoms. The molecular formula is C25H24N4O3S. The molecule has 2 atom stereocenters. The standard InChI is InChI=1S/C25H24N4O3S/c1-14-7-9-18-21(11-14)33-24-22(18)25(32)29(13-26-24)15(2)23(31)28-27-12-19-17-6-4-3-5-16(17)8-10-20(19)30/h3-6,8,10,12-15,30H,7,9,11H2,1-2H3,(H,28,31)/b27-12-/t14-,15+/m1/s1. The third kappa shape index (κ3) is 3.80. The largest absolute Gasteiger partial charge is 0.507 e. The Labute approximate surface area is 194 Å². The predicted octanol–water partition coefficient (Wildman–Crippen LogP) is 4.15. The SMILES string of the molecule is C[C@@H]1CCc2c(sc3ncn([C@@H](C)C(=O)N/N=C\c4c(O)ccc5ccccc45)c(=O)c23)C1. The van der Waals surface area contributed by atoms with Gasteiger partial charge in [0.2, 0.25) is 0 Å². The van der Waals surface area contributed by atoms with Crippen molar-refractivity contribution in [3.8, 4) is 5.75 Å². The molecule has 33 heavy (non-hydrogen) atoms. The first-order valence-corrected chi connectivity index (χ1v) is 11.8. The number of amides is 1. The van der Waals surface area contributed by atoms with Crippen LogP contribution in [0, 0.1) is 5.92 Å². The van der Waals surface area contributed by atoms with Gasteiger partial charge in [-0.15, -0.1) is 11.3 Å². The molecule has 0 fully saturated rings. The molecule has 0 bridgehead atoms. The van der Waals surface area contributed by atoms with Crippen molar-refractivity contribution in [3.63, 3.8) is 0 Å². The molecule has 2 aromatic carbocycles. The number of aromatic hydroxyl groups is 1. The number of phenols is 1. The number of aromatic nitrogens is 2. The zero-order valence-electron chi connectivity index (χ0n) is 18.4. The van der Waals surface area contributed by atoms with E-state index in [1.165, 1.54) is 22.0 Å². The van der Waals surface area contributed by atoms with Crippen molar-refractivity contribution in [3.05, 3.63) is 69.1 Å². The molecule has 0 unspecified atom stereocenters. The Morgan fingerprint density at radius 2 is 2.15 bits per heavy atom. The summed E-state index contributed by atoms with van der Waals surface area (Å²) in [4.78, 5) is 32.5. The molecule has 4 aromatic rings. The van der Waals surface area contributed by atoms with Gasteiger partial charge in [-0.2, -0.15) is 5.10 Å². The van der Waals surface area contributed by atoms with Crippen LogP contribution in [0.2, 0.25) is 0 Å². The van der Waals surface area contributed by atoms with Crippen molar-refractivity contribution in [2.45, 2.75) is 39.2 Å². The van der Waals surface area contributed by atoms with Gasteiger partial charge in [-0.25, -0.2) is 10.4 Å². The smallest absolute Gasteiger partial charge is 0.263 e. The number of rotatable bonds is 4. The van der Waals surface area contributed by atoms with Crippen LogP contribution in [0.25, 0.3) is 21.0 Å². The Kier molecular flexibility index (Phi) is 5.46. The molecule has 2 aromatic heterocycles. The predicted molar refractivity (Wildman–Crippen MR) is 131 cm³/mol. The number of hydrazone groups is 1. The zero-order valence-corrected chi connectivity index (χ0v) is 19.2. The fraction of sp³-hybridized carbons (Fsp3) is 0.280. The van der Waals surface area contributed by atoms with E-state index in [4.69, 9.17) is 0 Å². The Hall–Kier alpha value is -3.52. The van der Waals surface area contributed by atoms with E-state index in [9.17, 15) is 14.7 Å². The maximum Gasteiger partial charge on any atom is 0.263 e. The van der Waals surface area contributed by atoms with Crippen molar-refractivity contribution in [2.24, 2.45) is 11.0 Å². The van der Waals surface area contributed by atoms with Gasteiger partial charge in [0.05, 0.1) is 17.9 Å². The zero-order chi connectivity index (χ0) is 23.1. The Morgan fingerprint density at radius 1 is 1.33 bits per heavy atom. The highest BCUT2D eigenvalue weighted by atomic mass is 32.1. The molecule has 1 aliphatic carbocycles. The van der Waals surface area contributed by atoms with Crippen molar-refractivity contribution in [1.29, 1.82) is 0 Å². The van der Waals surface area contributed by atoms with Gasteiger partial charge in [-0.3, -0.25) is 14.2 Å². The summed E-state index contributed by atoms with van der Waals surface area (Å²) < 4.78 is 1.37. The number of phenolic OH excluding ortho intramolecular Hbond substituents is 1. The van der Waals surface area contributed by atoms with Gasteiger partial charge in [-0.05, 0) is 54.5 Å². The second kappa shape index (κ2) is 8.44. The number of carbonyl (C=O) groups is 1. The molecule has 5 rings (SSSR count). The minimum atomic E-state index is -0.786. The van der Waals surface area contributed by atoms with E-state index >= 15 is 0 Å². The maximum absolute atomic E-state index is 13.3. The minimum Gasteiger partial charge on any atom is -0.507 e. The summed E-state index contributed by atoms with van der Waals surface area (Å²) in [6.45, 7) is 3.88. The second-order valence-corrected chi connectivity index (χ2v) is 9.70. The molecule has 0 saturated carbocycles. The van der Waals surface area contributed by atoms with Crippen molar-refractivity contribution >= 4 is 44.4 Å². The number of hydrogen-bond donors (Lipinski definition) is 2. The van der Waals surface area contributed by atoms with E-state index in [0.29, 0.717) is 16.9 Å². The van der Waals surface area contributed by atoms with E-state index < -0.39 is 11.9 Å². The van der Waals surface area contributed by atoms with Gasteiger partial charge >= 0.3 is 0 Å². The number of nitrogens with zero attached hydrogens (tertiary/aromatic N) is 3. The summed E-state index contributed by atoms with van der Waals surface area (Å²) in [5.74, 6) is 0.241. The molecule has 1 amide bonds. The molecule has 2 N–H and O–H groups in total. The van der Waals surface area contributed by atoms with Gasteiger partial charge in [0, 0.05) is 10.4 Å². The van der Waals surface area contributed by atoms with Crippen molar-refractivity contribution in [1.82, 2.24) is 15.0 Å². The van der Waals surface area contributed by atoms with Gasteiger partial charge in [-0.1, -0.05) is 37.3 Å². The Bertz CT molecular complexity index is 1470. The van der Waals surface area contributed by atoms with Crippen molar-refractivity contribution < 1.29 is 9.90 Å². The number of hydrogen-bond acceptors (Lipinski definition) is 6. The van der Waals surface area contributed by atoms with Crippen LogP contribution in [-0.2, 0) is 17.6 Å². The molecule has 0 radical (unpaired) electrons. The average Bonchev–Trinajstić information content (AvgIpc) is 3.18. The number of carbonyl (C=O) groups excluding carboxylic acids is 1. The lowest BCUT2D eigenvalue weighted by Crippen LogP contribution is -2.34. The normalized spacial score (nSPS) is 16.8. The molecule has 7 nitrogen and oxygen atoms in total. The van der Waals surface area contributed by atoms with E-state index in [0.717, 1.165) is 40.4 Å². The Balaban J connectivity index is 1.40. The van der Waals surface area contributed by atoms with E-state index in [2.05, 4.69) is 22.4 Å². The molecule has 168 valence electrons. The summed E-state index contributed by atoms with van der Waals surface area (Å²) in [6, 6.07) is 10.2. The third-order valence-corrected chi connectivity index (χ3v) is 7.52. The van der Waals surface area contributed by atoms with Crippen LogP contribution >= 0.6 is 11.3 Å². The summed E-state index contributed by atoms with van der Waals surface area (Å²) in [7, 11) is 0. The molecule has 1 aliphatic rings. The number of benzene rings is 2. The first-order valence-electron chi connectivity index (χ1n) is 11.0. The molecule has 0 spiro atoms. The first kappa shape index (κ1) is 21.3. The highest BCUT2D eigenvalue weighted by molar-refractivity contribution is 7.18. The monoisotopic (exact) mass is 460 g/mol. The average molecular weight is 461 g/mol. The number of aryl methyl sites for hydroxylation is 1. The van der Waals surface area contributed by atoms with Crippen molar-refractivity contribution in [2.75, 3.05) is 0 Å². The lowest BCUT2D eigenvalue weighted by molar-refractivity contribution is -0.123. The second-order valence-electron chi connectivity index (χ2n) is 8.62. The number of thiophene rings is 1. The molecule has 0 aliphatic heterocycles. The van der Waals surface area contributed by atoms with E-state index in [1.807, 2.05) is 30.3 Å². The topological polar surface area (TPSA) is 96.6 Å². The highest BCUT2D eigenvalue weighted by Crippen LogP contribution is 2.35. The van der Waals surface area contributed by atoms with Gasteiger partial charge in [0.25, 0.3) is 11.5 Å². The summed E-state index contributed by atoms with van der Waals surface area (Å²) in [5, 5.41) is 16.7. The highest BCUT2D eigenvalue weighted by Gasteiger charge is 2.25. The van der Waals surface area contributed by atoms with Gasteiger partial charge in [0.1, 0.15) is 16.6 Å². The fourth-order valence-corrected chi connectivity index (χ4v) is 5.76. The van der Waals surface area contributed by atoms with Gasteiger partial charge < -0.3 is 5.11 Å². The molecule has 2 heterocycles. The fourth-order valence-electron chi connectivity index (χ4n) is 4.42. The summed E-state index contributed by atoms with van der Waals surface area (Å²) >= 11 is 1.59.